The number of hydrogen-bond acceptors (Lipinski definition) is 3. The summed E-state index contributed by atoms with van der Waals surface area (Å²) in [6.07, 6.45) is 1.72. The molecular weight excluding hydrogens is 369 g/mol. The van der Waals surface area contributed by atoms with E-state index in [-0.39, 0.29) is 24.0 Å². The number of rotatable bonds is 4. The molecule has 0 aliphatic carbocycles. The SMILES string of the molecule is O=C(NC1CCN(Cc2ccccc2)CC1)N1CCOC(c2ccc(F)cc2)C1. The van der Waals surface area contributed by atoms with Crippen LogP contribution in [0.25, 0.3) is 0 Å². The number of amides is 2. The second-order valence-electron chi connectivity index (χ2n) is 7.84. The quantitative estimate of drug-likeness (QED) is 0.858. The van der Waals surface area contributed by atoms with Crippen LogP contribution in [-0.2, 0) is 11.3 Å². The molecule has 1 atom stereocenters. The van der Waals surface area contributed by atoms with E-state index in [1.165, 1.54) is 17.7 Å². The third kappa shape index (κ3) is 5.34. The number of carbonyl (C=O) groups is 1. The van der Waals surface area contributed by atoms with Crippen molar-refractivity contribution in [3.63, 3.8) is 0 Å². The third-order valence-electron chi connectivity index (χ3n) is 5.76. The lowest BCUT2D eigenvalue weighted by Gasteiger charge is -2.36. The van der Waals surface area contributed by atoms with Crippen LogP contribution in [0.4, 0.5) is 9.18 Å². The van der Waals surface area contributed by atoms with E-state index < -0.39 is 0 Å². The number of piperidine rings is 1. The maximum Gasteiger partial charge on any atom is 0.317 e. The number of ether oxygens (including phenoxy) is 1. The largest absolute Gasteiger partial charge is 0.370 e. The van der Waals surface area contributed by atoms with Crippen LogP contribution in [0.3, 0.4) is 0 Å². The van der Waals surface area contributed by atoms with Crippen molar-refractivity contribution in [1.82, 2.24) is 15.1 Å². The second-order valence-corrected chi connectivity index (χ2v) is 7.84. The number of urea groups is 1. The maximum atomic E-state index is 13.2. The summed E-state index contributed by atoms with van der Waals surface area (Å²) in [5.41, 5.74) is 2.23. The lowest BCUT2D eigenvalue weighted by atomic mass is 10.0. The zero-order valence-corrected chi connectivity index (χ0v) is 16.6. The Kier molecular flexibility index (Phi) is 6.42. The predicted octanol–water partition coefficient (Wildman–Crippen LogP) is 3.57. The molecule has 1 N–H and O–H groups in total. The average molecular weight is 397 g/mol. The molecule has 0 radical (unpaired) electrons. The molecule has 2 aromatic rings. The van der Waals surface area contributed by atoms with Crippen LogP contribution in [0.1, 0.15) is 30.1 Å². The number of morpholine rings is 1. The minimum absolute atomic E-state index is 0.0260. The van der Waals surface area contributed by atoms with E-state index in [2.05, 4.69) is 34.5 Å². The van der Waals surface area contributed by atoms with Gasteiger partial charge < -0.3 is 15.0 Å². The van der Waals surface area contributed by atoms with Crippen molar-refractivity contribution in [2.24, 2.45) is 0 Å². The topological polar surface area (TPSA) is 44.8 Å². The molecule has 2 heterocycles. The molecule has 2 aliphatic rings. The number of nitrogens with one attached hydrogen (secondary N) is 1. The Morgan fingerprint density at radius 3 is 2.48 bits per heavy atom. The number of likely N-dealkylation sites (tertiary alicyclic amines) is 1. The fraction of sp³-hybridized carbons (Fsp3) is 0.435. The Hall–Kier alpha value is -2.44. The fourth-order valence-electron chi connectivity index (χ4n) is 4.06. The minimum Gasteiger partial charge on any atom is -0.370 e. The molecule has 2 fully saturated rings. The van der Waals surface area contributed by atoms with Crippen molar-refractivity contribution < 1.29 is 13.9 Å². The van der Waals surface area contributed by atoms with Gasteiger partial charge in [0.2, 0.25) is 0 Å². The maximum absolute atomic E-state index is 13.2. The Bertz CT molecular complexity index is 792. The van der Waals surface area contributed by atoms with Gasteiger partial charge in [-0.05, 0) is 36.1 Å². The van der Waals surface area contributed by atoms with Crippen LogP contribution < -0.4 is 5.32 Å². The van der Waals surface area contributed by atoms with E-state index >= 15 is 0 Å². The average Bonchev–Trinajstić information content (AvgIpc) is 2.76. The first-order valence-corrected chi connectivity index (χ1v) is 10.4. The molecule has 0 aromatic heterocycles. The molecule has 0 spiro atoms. The molecule has 2 saturated heterocycles. The van der Waals surface area contributed by atoms with Crippen molar-refractivity contribution >= 4 is 6.03 Å². The number of halogens is 1. The van der Waals surface area contributed by atoms with Gasteiger partial charge in [0.25, 0.3) is 0 Å². The molecule has 4 rings (SSSR count). The monoisotopic (exact) mass is 397 g/mol. The first-order valence-electron chi connectivity index (χ1n) is 10.4. The third-order valence-corrected chi connectivity index (χ3v) is 5.76. The standard InChI is InChI=1S/C23H28FN3O2/c24-20-8-6-19(7-9-20)22-17-27(14-15-29-22)23(28)25-21-10-12-26(13-11-21)16-18-4-2-1-3-5-18/h1-9,21-22H,10-17H2,(H,25,28). The summed E-state index contributed by atoms with van der Waals surface area (Å²) in [7, 11) is 0. The van der Waals surface area contributed by atoms with Gasteiger partial charge in [0.05, 0.1) is 13.2 Å². The number of carbonyl (C=O) groups excluding carboxylic acids is 1. The second kappa shape index (κ2) is 9.37. The van der Waals surface area contributed by atoms with Crippen molar-refractivity contribution in [2.45, 2.75) is 31.5 Å². The Labute approximate surface area is 171 Å². The molecule has 2 amide bonds. The van der Waals surface area contributed by atoms with E-state index in [0.29, 0.717) is 19.7 Å². The van der Waals surface area contributed by atoms with Crippen molar-refractivity contribution in [2.75, 3.05) is 32.8 Å². The molecule has 1 unspecified atom stereocenters. The summed E-state index contributed by atoms with van der Waals surface area (Å²) in [6.45, 7) is 4.50. The van der Waals surface area contributed by atoms with E-state index in [1.54, 1.807) is 12.1 Å². The summed E-state index contributed by atoms with van der Waals surface area (Å²) < 4.78 is 18.9. The zero-order chi connectivity index (χ0) is 20.1. The van der Waals surface area contributed by atoms with Crippen LogP contribution in [0.15, 0.2) is 54.6 Å². The van der Waals surface area contributed by atoms with Gasteiger partial charge in [0, 0.05) is 32.2 Å². The zero-order valence-electron chi connectivity index (χ0n) is 16.6. The Morgan fingerprint density at radius 1 is 1.03 bits per heavy atom. The summed E-state index contributed by atoms with van der Waals surface area (Å²) in [5, 5.41) is 3.20. The summed E-state index contributed by atoms with van der Waals surface area (Å²) in [6, 6.07) is 17.0. The lowest BCUT2D eigenvalue weighted by Crippen LogP contribution is -2.52. The number of benzene rings is 2. The van der Waals surface area contributed by atoms with Crippen molar-refractivity contribution in [1.29, 1.82) is 0 Å². The van der Waals surface area contributed by atoms with Crippen LogP contribution in [0.5, 0.6) is 0 Å². The van der Waals surface area contributed by atoms with Gasteiger partial charge >= 0.3 is 6.03 Å². The summed E-state index contributed by atoms with van der Waals surface area (Å²) in [5.74, 6) is -0.266. The fourth-order valence-corrected chi connectivity index (χ4v) is 4.06. The number of nitrogens with zero attached hydrogens (tertiary/aromatic N) is 2. The molecule has 6 heteroatoms. The van der Waals surface area contributed by atoms with E-state index in [4.69, 9.17) is 4.74 Å². The molecule has 2 aromatic carbocycles. The van der Waals surface area contributed by atoms with Crippen molar-refractivity contribution in [3.8, 4) is 0 Å². The van der Waals surface area contributed by atoms with Gasteiger partial charge in [0.1, 0.15) is 11.9 Å². The molecule has 0 bridgehead atoms. The highest BCUT2D eigenvalue weighted by Gasteiger charge is 2.28. The molecule has 2 aliphatic heterocycles. The van der Waals surface area contributed by atoms with Crippen LogP contribution >= 0.6 is 0 Å². The van der Waals surface area contributed by atoms with Gasteiger partial charge in [-0.1, -0.05) is 42.5 Å². The number of hydrogen-bond donors (Lipinski definition) is 1. The Balaban J connectivity index is 1.24. The van der Waals surface area contributed by atoms with Crippen LogP contribution in [-0.4, -0.2) is 54.7 Å². The summed E-state index contributed by atoms with van der Waals surface area (Å²) in [4.78, 5) is 17.0. The highest BCUT2D eigenvalue weighted by atomic mass is 19.1. The first-order chi connectivity index (χ1) is 14.2. The van der Waals surface area contributed by atoms with Gasteiger partial charge in [-0.2, -0.15) is 0 Å². The van der Waals surface area contributed by atoms with Crippen LogP contribution in [0.2, 0.25) is 0 Å². The molecule has 154 valence electrons. The Morgan fingerprint density at radius 2 is 1.76 bits per heavy atom. The van der Waals surface area contributed by atoms with E-state index in [0.717, 1.165) is 38.0 Å². The molecule has 0 saturated carbocycles. The van der Waals surface area contributed by atoms with E-state index in [9.17, 15) is 9.18 Å². The van der Waals surface area contributed by atoms with Gasteiger partial charge in [0.15, 0.2) is 0 Å². The smallest absolute Gasteiger partial charge is 0.317 e. The lowest BCUT2D eigenvalue weighted by molar-refractivity contribution is -0.0161. The highest BCUT2D eigenvalue weighted by molar-refractivity contribution is 5.74. The van der Waals surface area contributed by atoms with Crippen molar-refractivity contribution in [3.05, 3.63) is 71.5 Å². The molecular formula is C23H28FN3O2. The van der Waals surface area contributed by atoms with Gasteiger partial charge in [-0.25, -0.2) is 9.18 Å². The van der Waals surface area contributed by atoms with Crippen LogP contribution in [0, 0.1) is 5.82 Å². The molecule has 29 heavy (non-hydrogen) atoms. The normalized spacial score (nSPS) is 21.1. The van der Waals surface area contributed by atoms with Gasteiger partial charge in [-0.3, -0.25) is 4.90 Å². The summed E-state index contributed by atoms with van der Waals surface area (Å²) >= 11 is 0. The highest BCUT2D eigenvalue weighted by Crippen LogP contribution is 2.23. The predicted molar refractivity (Wildman–Crippen MR) is 110 cm³/mol. The minimum atomic E-state index is -0.266. The first kappa shape index (κ1) is 19.9. The molecule has 5 nitrogen and oxygen atoms in total. The van der Waals surface area contributed by atoms with E-state index in [1.807, 2.05) is 11.0 Å². The van der Waals surface area contributed by atoms with Gasteiger partial charge in [-0.15, -0.1) is 0 Å².